The Balaban J connectivity index is 1.23. The van der Waals surface area contributed by atoms with E-state index in [4.69, 9.17) is 4.98 Å². The number of benzene rings is 2. The van der Waals surface area contributed by atoms with Gasteiger partial charge in [-0.2, -0.15) is 0 Å². The van der Waals surface area contributed by atoms with Crippen LogP contribution in [0, 0.1) is 0 Å². The highest BCUT2D eigenvalue weighted by Gasteiger charge is 2.22. The van der Waals surface area contributed by atoms with Gasteiger partial charge in [0.15, 0.2) is 5.16 Å². The van der Waals surface area contributed by atoms with Gasteiger partial charge in [-0.15, -0.1) is 11.3 Å². The topological polar surface area (TPSA) is 58.4 Å². The van der Waals surface area contributed by atoms with Crippen LogP contribution in [0.15, 0.2) is 76.0 Å². The van der Waals surface area contributed by atoms with Gasteiger partial charge in [0, 0.05) is 50.7 Å². The van der Waals surface area contributed by atoms with Gasteiger partial charge in [-0.3, -0.25) is 19.1 Å². The molecule has 0 N–H and O–H groups in total. The maximum Gasteiger partial charge on any atom is 0.263 e. The van der Waals surface area contributed by atoms with Crippen LogP contribution in [-0.4, -0.2) is 57.2 Å². The van der Waals surface area contributed by atoms with Gasteiger partial charge in [0.2, 0.25) is 5.91 Å². The summed E-state index contributed by atoms with van der Waals surface area (Å²) in [6, 6.07) is 20.3. The summed E-state index contributed by atoms with van der Waals surface area (Å²) in [7, 11) is 1.73. The predicted molar refractivity (Wildman–Crippen MR) is 139 cm³/mol. The lowest BCUT2D eigenvalue weighted by Gasteiger charge is -2.34. The first kappa shape index (κ1) is 22.8. The lowest BCUT2D eigenvalue weighted by atomic mass is 10.1. The summed E-state index contributed by atoms with van der Waals surface area (Å²) >= 11 is 2.81. The smallest absolute Gasteiger partial charge is 0.263 e. The minimum absolute atomic E-state index is 0.0745. The van der Waals surface area contributed by atoms with Crippen molar-refractivity contribution in [2.45, 2.75) is 11.7 Å². The molecule has 0 saturated carbocycles. The highest BCUT2D eigenvalue weighted by Crippen LogP contribution is 2.31. The standard InChI is InChI=1S/C26H26N4O2S2/c1-28-25(32)23-21(20-10-6-3-7-11-20)17-33-24(23)27-26(28)34-18-22(31)30-14-12-29(13-15-30)16-19-8-4-2-5-9-19/h2-11,17H,12-16,18H2,1H3. The zero-order chi connectivity index (χ0) is 23.5. The average molecular weight is 491 g/mol. The number of rotatable bonds is 6. The van der Waals surface area contributed by atoms with E-state index in [-0.39, 0.29) is 17.2 Å². The molecule has 34 heavy (non-hydrogen) atoms. The number of thiophene rings is 1. The van der Waals surface area contributed by atoms with Crippen LogP contribution < -0.4 is 5.56 Å². The van der Waals surface area contributed by atoms with Crippen LogP contribution in [-0.2, 0) is 18.4 Å². The summed E-state index contributed by atoms with van der Waals surface area (Å²) in [4.78, 5) is 35.8. The number of carbonyl (C=O) groups excluding carboxylic acids is 1. The number of hydrogen-bond donors (Lipinski definition) is 0. The molecule has 0 unspecified atom stereocenters. The molecule has 0 aliphatic carbocycles. The Morgan fingerprint density at radius 3 is 2.38 bits per heavy atom. The second-order valence-electron chi connectivity index (χ2n) is 8.39. The number of aromatic nitrogens is 2. The van der Waals surface area contributed by atoms with E-state index >= 15 is 0 Å². The molecule has 174 valence electrons. The molecule has 2 aromatic heterocycles. The minimum atomic E-state index is -0.0745. The first-order chi connectivity index (χ1) is 16.6. The summed E-state index contributed by atoms with van der Waals surface area (Å²) < 4.78 is 1.57. The van der Waals surface area contributed by atoms with Crippen molar-refractivity contribution in [3.63, 3.8) is 0 Å². The summed E-state index contributed by atoms with van der Waals surface area (Å²) in [5.74, 6) is 0.372. The van der Waals surface area contributed by atoms with Crippen LogP contribution >= 0.6 is 23.1 Å². The van der Waals surface area contributed by atoms with Crippen molar-refractivity contribution in [3.8, 4) is 11.1 Å². The summed E-state index contributed by atoms with van der Waals surface area (Å²) in [5.41, 5.74) is 3.14. The highest BCUT2D eigenvalue weighted by atomic mass is 32.2. The van der Waals surface area contributed by atoms with Gasteiger partial charge >= 0.3 is 0 Å². The van der Waals surface area contributed by atoms with E-state index < -0.39 is 0 Å². The second-order valence-corrected chi connectivity index (χ2v) is 10.2. The molecule has 1 saturated heterocycles. The first-order valence-corrected chi connectivity index (χ1v) is 13.2. The Hall–Kier alpha value is -2.94. The van der Waals surface area contributed by atoms with E-state index in [2.05, 4.69) is 29.2 Å². The average Bonchev–Trinajstić information content (AvgIpc) is 3.31. The van der Waals surface area contributed by atoms with Gasteiger partial charge in [-0.1, -0.05) is 72.4 Å². The molecule has 3 heterocycles. The minimum Gasteiger partial charge on any atom is -0.339 e. The Morgan fingerprint density at radius 2 is 1.68 bits per heavy atom. The van der Waals surface area contributed by atoms with E-state index in [0.717, 1.165) is 43.9 Å². The number of carbonyl (C=O) groups is 1. The monoisotopic (exact) mass is 490 g/mol. The predicted octanol–water partition coefficient (Wildman–Crippen LogP) is 4.10. The molecular formula is C26H26N4O2S2. The summed E-state index contributed by atoms with van der Waals surface area (Å²) in [5, 5.41) is 3.21. The number of amides is 1. The number of nitrogens with zero attached hydrogens (tertiary/aromatic N) is 4. The van der Waals surface area contributed by atoms with Crippen LogP contribution in [0.1, 0.15) is 5.56 Å². The van der Waals surface area contributed by atoms with E-state index in [1.165, 1.54) is 28.7 Å². The van der Waals surface area contributed by atoms with E-state index in [9.17, 15) is 9.59 Å². The van der Waals surface area contributed by atoms with Gasteiger partial charge in [0.1, 0.15) is 4.83 Å². The zero-order valence-corrected chi connectivity index (χ0v) is 20.6. The molecule has 0 atom stereocenters. The number of thioether (sulfide) groups is 1. The molecule has 1 amide bonds. The van der Waals surface area contributed by atoms with E-state index in [1.807, 2.05) is 46.7 Å². The van der Waals surface area contributed by atoms with Crippen molar-refractivity contribution in [2.24, 2.45) is 7.05 Å². The third kappa shape index (κ3) is 4.80. The molecule has 2 aromatic carbocycles. The van der Waals surface area contributed by atoms with Crippen LogP contribution in [0.25, 0.3) is 21.3 Å². The molecule has 4 aromatic rings. The third-order valence-corrected chi connectivity index (χ3v) is 8.04. The van der Waals surface area contributed by atoms with Crippen molar-refractivity contribution < 1.29 is 4.79 Å². The summed E-state index contributed by atoms with van der Waals surface area (Å²) in [6.07, 6.45) is 0. The van der Waals surface area contributed by atoms with Gasteiger partial charge in [0.25, 0.3) is 5.56 Å². The van der Waals surface area contributed by atoms with Crippen molar-refractivity contribution >= 4 is 39.2 Å². The zero-order valence-electron chi connectivity index (χ0n) is 19.0. The molecule has 1 aliphatic rings. The number of fused-ring (bicyclic) bond motifs is 1. The van der Waals surface area contributed by atoms with Crippen molar-refractivity contribution in [2.75, 3.05) is 31.9 Å². The SMILES string of the molecule is Cn1c(SCC(=O)N2CCN(Cc3ccccc3)CC2)nc2scc(-c3ccccc3)c2c1=O. The van der Waals surface area contributed by atoms with Crippen molar-refractivity contribution in [1.82, 2.24) is 19.4 Å². The maximum atomic E-state index is 13.2. The molecule has 1 fully saturated rings. The maximum absolute atomic E-state index is 13.2. The lowest BCUT2D eigenvalue weighted by Crippen LogP contribution is -2.48. The van der Waals surface area contributed by atoms with Crippen molar-refractivity contribution in [1.29, 1.82) is 0 Å². The van der Waals surface area contributed by atoms with Crippen LogP contribution in [0.5, 0.6) is 0 Å². The van der Waals surface area contributed by atoms with Crippen LogP contribution in [0.3, 0.4) is 0 Å². The van der Waals surface area contributed by atoms with Crippen LogP contribution in [0.2, 0.25) is 0 Å². The molecule has 0 bridgehead atoms. The number of hydrogen-bond acceptors (Lipinski definition) is 6. The Bertz CT molecular complexity index is 1340. The number of piperazine rings is 1. The third-order valence-electron chi connectivity index (χ3n) is 6.16. The van der Waals surface area contributed by atoms with Gasteiger partial charge < -0.3 is 4.90 Å². The fraction of sp³-hybridized carbons (Fsp3) is 0.269. The molecule has 6 nitrogen and oxygen atoms in total. The normalized spacial score (nSPS) is 14.6. The molecule has 0 spiro atoms. The fourth-order valence-electron chi connectivity index (χ4n) is 4.23. The van der Waals surface area contributed by atoms with E-state index in [0.29, 0.717) is 15.4 Å². The largest absolute Gasteiger partial charge is 0.339 e. The first-order valence-electron chi connectivity index (χ1n) is 11.3. The molecular weight excluding hydrogens is 464 g/mol. The lowest BCUT2D eigenvalue weighted by molar-refractivity contribution is -0.130. The Kier molecular flexibility index (Phi) is 6.80. The van der Waals surface area contributed by atoms with Crippen LogP contribution in [0.4, 0.5) is 0 Å². The fourth-order valence-corrected chi connectivity index (χ4v) is 6.09. The molecule has 1 aliphatic heterocycles. The quantitative estimate of drug-likeness (QED) is 0.301. The van der Waals surface area contributed by atoms with Gasteiger partial charge in [0.05, 0.1) is 11.1 Å². The molecule has 0 radical (unpaired) electrons. The molecule has 5 rings (SSSR count). The Morgan fingerprint density at radius 1 is 1.00 bits per heavy atom. The Labute approximate surface area is 206 Å². The second kappa shape index (κ2) is 10.1. The highest BCUT2D eigenvalue weighted by molar-refractivity contribution is 7.99. The van der Waals surface area contributed by atoms with Gasteiger partial charge in [-0.05, 0) is 11.1 Å². The molecule has 8 heteroatoms. The van der Waals surface area contributed by atoms with Crippen molar-refractivity contribution in [3.05, 3.63) is 82.0 Å². The van der Waals surface area contributed by atoms with Gasteiger partial charge in [-0.25, -0.2) is 4.98 Å². The van der Waals surface area contributed by atoms with E-state index in [1.54, 1.807) is 11.6 Å². The summed E-state index contributed by atoms with van der Waals surface area (Å²) in [6.45, 7) is 4.10.